The first-order chi connectivity index (χ1) is 27.3. The molecule has 0 aliphatic rings. The molecule has 55 heavy (non-hydrogen) atoms. The molecule has 9 aromatic carbocycles. The van der Waals surface area contributed by atoms with Gasteiger partial charge in [0, 0.05) is 42.3 Å². The molecule has 0 fully saturated rings. The second kappa shape index (κ2) is 12.9. The molecule has 0 unspecified atom stereocenters. The minimum atomic E-state index is 0.863. The number of benzene rings is 9. The molecule has 0 N–H and O–H groups in total. The fourth-order valence-corrected chi connectivity index (χ4v) is 9.40. The van der Waals surface area contributed by atoms with Gasteiger partial charge in [-0.2, -0.15) is 0 Å². The van der Waals surface area contributed by atoms with Crippen LogP contribution in [-0.4, -0.2) is 0 Å². The van der Waals surface area contributed by atoms with Crippen LogP contribution in [0, 0.1) is 0 Å². The lowest BCUT2D eigenvalue weighted by Crippen LogP contribution is -2.10. The third-order valence-electron chi connectivity index (χ3n) is 10.9. The summed E-state index contributed by atoms with van der Waals surface area (Å²) in [6, 6.07) is 72.2. The van der Waals surface area contributed by atoms with Gasteiger partial charge in [0.05, 0.1) is 5.69 Å². The van der Waals surface area contributed by atoms with Gasteiger partial charge in [0.25, 0.3) is 0 Å². The van der Waals surface area contributed by atoms with Crippen molar-refractivity contribution >= 4 is 81.3 Å². The molecule has 0 spiro atoms. The molecule has 11 aromatic rings. The molecule has 0 radical (unpaired) electrons. The van der Waals surface area contributed by atoms with Crippen LogP contribution in [0.2, 0.25) is 0 Å². The molecular weight excluding hydrogens is 687 g/mol. The van der Waals surface area contributed by atoms with Crippen molar-refractivity contribution in [2.45, 2.75) is 0 Å². The van der Waals surface area contributed by atoms with Crippen molar-refractivity contribution < 1.29 is 4.42 Å². The van der Waals surface area contributed by atoms with Crippen LogP contribution in [0.3, 0.4) is 0 Å². The largest absolute Gasteiger partial charge is 0.454 e. The molecule has 2 nitrogen and oxygen atoms in total. The third kappa shape index (κ3) is 5.32. The zero-order valence-electron chi connectivity index (χ0n) is 29.8. The van der Waals surface area contributed by atoms with E-state index in [1.165, 1.54) is 64.3 Å². The molecule has 11 rings (SSSR count). The van der Waals surface area contributed by atoms with Gasteiger partial charge in [-0.25, -0.2) is 0 Å². The van der Waals surface area contributed by atoms with Gasteiger partial charge >= 0.3 is 0 Å². The van der Waals surface area contributed by atoms with Gasteiger partial charge in [0.2, 0.25) is 0 Å². The molecule has 258 valence electrons. The number of thiophene rings is 1. The average Bonchev–Trinajstić information content (AvgIpc) is 3.83. The Morgan fingerprint density at radius 2 is 1.07 bits per heavy atom. The van der Waals surface area contributed by atoms with Gasteiger partial charge in [-0.05, 0) is 98.8 Å². The zero-order valence-corrected chi connectivity index (χ0v) is 30.6. The summed E-state index contributed by atoms with van der Waals surface area (Å²) < 4.78 is 9.29. The highest BCUT2D eigenvalue weighted by Gasteiger charge is 2.22. The van der Waals surface area contributed by atoms with Crippen LogP contribution in [0.15, 0.2) is 205 Å². The Kier molecular flexibility index (Phi) is 7.39. The molecule has 0 bridgehead atoms. The number of anilines is 3. The normalized spacial score (nSPS) is 11.6. The van der Waals surface area contributed by atoms with Gasteiger partial charge in [-0.15, -0.1) is 11.3 Å². The zero-order chi connectivity index (χ0) is 36.3. The number of hydrogen-bond acceptors (Lipinski definition) is 3. The van der Waals surface area contributed by atoms with E-state index in [9.17, 15) is 0 Å². The van der Waals surface area contributed by atoms with E-state index in [1.54, 1.807) is 0 Å². The van der Waals surface area contributed by atoms with Gasteiger partial charge in [-0.3, -0.25) is 0 Å². The maximum Gasteiger partial charge on any atom is 0.159 e. The van der Waals surface area contributed by atoms with Gasteiger partial charge in [-0.1, -0.05) is 146 Å². The lowest BCUT2D eigenvalue weighted by Gasteiger charge is -2.27. The lowest BCUT2D eigenvalue weighted by molar-refractivity contribution is 0.669. The standard InChI is InChI=1S/C52H33NOS/c1-2-13-36(14-3-1)46-33-40(30-31-41(46)43-18-11-23-50-51(43)45-17-7-9-22-49(45)55-50)53(47-20-10-19-44-42-16-6-8-21-48(42)54-52(44)47)39-28-26-35(27-29-39)38-25-24-34-12-4-5-15-37(34)32-38/h1-33H. The summed E-state index contributed by atoms with van der Waals surface area (Å²) in [7, 11) is 0. The van der Waals surface area contributed by atoms with Crippen LogP contribution in [0.25, 0.3) is 86.3 Å². The third-order valence-corrected chi connectivity index (χ3v) is 12.0. The summed E-state index contributed by atoms with van der Waals surface area (Å²) in [6.07, 6.45) is 0. The first-order valence-corrected chi connectivity index (χ1v) is 19.5. The van der Waals surface area contributed by atoms with Crippen molar-refractivity contribution in [1.82, 2.24) is 0 Å². The Morgan fingerprint density at radius 3 is 1.96 bits per heavy atom. The highest BCUT2D eigenvalue weighted by Crippen LogP contribution is 2.47. The van der Waals surface area contributed by atoms with Gasteiger partial charge < -0.3 is 9.32 Å². The Balaban J connectivity index is 1.13. The number of nitrogens with zero attached hydrogens (tertiary/aromatic N) is 1. The molecule has 0 saturated heterocycles. The monoisotopic (exact) mass is 719 g/mol. The predicted octanol–water partition coefficient (Wildman–Crippen LogP) is 15.6. The highest BCUT2D eigenvalue weighted by molar-refractivity contribution is 7.25. The van der Waals surface area contributed by atoms with E-state index in [-0.39, 0.29) is 0 Å². The molecule has 0 aliphatic carbocycles. The van der Waals surface area contributed by atoms with E-state index < -0.39 is 0 Å². The van der Waals surface area contributed by atoms with Gasteiger partial charge in [0.1, 0.15) is 5.58 Å². The van der Waals surface area contributed by atoms with Crippen LogP contribution in [0.1, 0.15) is 0 Å². The number of rotatable bonds is 6. The smallest absolute Gasteiger partial charge is 0.159 e. The van der Waals surface area contributed by atoms with Crippen LogP contribution >= 0.6 is 11.3 Å². The summed E-state index contributed by atoms with van der Waals surface area (Å²) in [5.41, 5.74) is 12.0. The van der Waals surface area contributed by atoms with Crippen molar-refractivity contribution in [2.75, 3.05) is 4.90 Å². The Morgan fingerprint density at radius 1 is 0.382 bits per heavy atom. The second-order valence-corrected chi connectivity index (χ2v) is 15.2. The maximum atomic E-state index is 6.69. The van der Waals surface area contributed by atoms with Crippen LogP contribution in [0.5, 0.6) is 0 Å². The molecule has 3 heteroatoms. The van der Waals surface area contributed by atoms with E-state index in [0.717, 1.165) is 39.0 Å². The average molecular weight is 720 g/mol. The number of hydrogen-bond donors (Lipinski definition) is 0. The first kappa shape index (κ1) is 31.6. The number of para-hydroxylation sites is 2. The minimum Gasteiger partial charge on any atom is -0.454 e. The molecule has 2 heterocycles. The maximum absolute atomic E-state index is 6.69. The minimum absolute atomic E-state index is 0.863. The molecule has 0 amide bonds. The topological polar surface area (TPSA) is 16.4 Å². The van der Waals surface area contributed by atoms with Crippen molar-refractivity contribution in [1.29, 1.82) is 0 Å². The Labute approximate surface area is 322 Å². The predicted molar refractivity (Wildman–Crippen MR) is 235 cm³/mol. The van der Waals surface area contributed by atoms with E-state index in [1.807, 2.05) is 17.4 Å². The molecular formula is C52H33NOS. The van der Waals surface area contributed by atoms with Crippen LogP contribution in [-0.2, 0) is 0 Å². The van der Waals surface area contributed by atoms with Crippen LogP contribution in [0.4, 0.5) is 17.1 Å². The SMILES string of the molecule is c1ccc(-c2cc(N(c3ccc(-c4ccc5ccccc5c4)cc3)c3cccc4c3oc3ccccc34)ccc2-c2cccc3sc4ccccc4c23)cc1. The summed E-state index contributed by atoms with van der Waals surface area (Å²) in [5, 5.41) is 7.30. The fourth-order valence-electron chi connectivity index (χ4n) is 8.27. The highest BCUT2D eigenvalue weighted by atomic mass is 32.1. The Bertz CT molecular complexity index is 3210. The van der Waals surface area contributed by atoms with Crippen molar-refractivity contribution in [3.05, 3.63) is 200 Å². The number of fused-ring (bicyclic) bond motifs is 7. The summed E-state index contributed by atoms with van der Waals surface area (Å²) in [4.78, 5) is 2.35. The molecule has 0 saturated carbocycles. The van der Waals surface area contributed by atoms with Crippen molar-refractivity contribution in [3.63, 3.8) is 0 Å². The lowest BCUT2D eigenvalue weighted by atomic mass is 9.91. The molecule has 2 aromatic heterocycles. The summed E-state index contributed by atoms with van der Waals surface area (Å²) in [5.74, 6) is 0. The van der Waals surface area contributed by atoms with E-state index >= 15 is 0 Å². The second-order valence-electron chi connectivity index (χ2n) is 14.1. The van der Waals surface area contributed by atoms with Crippen molar-refractivity contribution in [2.24, 2.45) is 0 Å². The van der Waals surface area contributed by atoms with E-state index in [2.05, 4.69) is 199 Å². The first-order valence-electron chi connectivity index (χ1n) is 18.7. The quantitative estimate of drug-likeness (QED) is 0.170. The molecule has 0 aliphatic heterocycles. The Hall–Kier alpha value is -6.94. The van der Waals surface area contributed by atoms with E-state index in [0.29, 0.717) is 0 Å². The van der Waals surface area contributed by atoms with E-state index in [4.69, 9.17) is 4.42 Å². The molecule has 0 atom stereocenters. The summed E-state index contributed by atoms with van der Waals surface area (Å²) in [6.45, 7) is 0. The number of furan rings is 1. The van der Waals surface area contributed by atoms with Crippen LogP contribution < -0.4 is 4.90 Å². The van der Waals surface area contributed by atoms with Gasteiger partial charge in [0.15, 0.2) is 5.58 Å². The van der Waals surface area contributed by atoms with Crippen molar-refractivity contribution in [3.8, 4) is 33.4 Å². The summed E-state index contributed by atoms with van der Waals surface area (Å²) >= 11 is 1.86. The fraction of sp³-hybridized carbons (Fsp3) is 0.